The van der Waals surface area contributed by atoms with Crippen LogP contribution in [-0.4, -0.2) is 95.4 Å². The van der Waals surface area contributed by atoms with Crippen molar-refractivity contribution in [3.05, 3.63) is 41.5 Å². The summed E-state index contributed by atoms with van der Waals surface area (Å²) >= 11 is 1.44. The summed E-state index contributed by atoms with van der Waals surface area (Å²) in [6, 6.07) is 3.06. The Hall–Kier alpha value is -4.60. The summed E-state index contributed by atoms with van der Waals surface area (Å²) in [6.07, 6.45) is 10.6. The molecule has 0 aromatic heterocycles. The van der Waals surface area contributed by atoms with Crippen molar-refractivity contribution >= 4 is 59.2 Å². The average molecular weight is 796 g/mol. The van der Waals surface area contributed by atoms with Gasteiger partial charge in [0.2, 0.25) is 35.4 Å². The number of nitrogens with zero attached hydrogens (tertiary/aromatic N) is 2. The molecule has 5 atom stereocenters. The molecule has 0 spiro atoms. The summed E-state index contributed by atoms with van der Waals surface area (Å²) < 4.78 is 0. The molecule has 6 amide bonds. The number of benzene rings is 1. The molecule has 5 unspecified atom stereocenters. The van der Waals surface area contributed by atoms with Crippen LogP contribution in [0.15, 0.2) is 35.3 Å². The number of nitrogens with one attached hydrogen (secondary N) is 4. The highest BCUT2D eigenvalue weighted by molar-refractivity contribution is 7.98. The summed E-state index contributed by atoms with van der Waals surface area (Å²) in [5, 5.41) is 11.5. The Morgan fingerprint density at radius 1 is 0.982 bits per heavy atom. The Balaban J connectivity index is 1.65. The molecule has 1 aliphatic carbocycles. The number of hydrogen-bond donors (Lipinski definition) is 7. The lowest BCUT2D eigenvalue weighted by Crippen LogP contribution is -2.61. The molecule has 10 N–H and O–H groups in total. The average Bonchev–Trinajstić information content (AvgIpc) is 3.65. The zero-order chi connectivity index (χ0) is 40.8. The maximum atomic E-state index is 14.4. The van der Waals surface area contributed by atoms with Gasteiger partial charge in [-0.15, -0.1) is 0 Å². The zero-order valence-electron chi connectivity index (χ0n) is 33.0. The largest absolute Gasteiger partial charge is 0.370 e. The molecule has 2 bridgehead atoms. The number of amides is 6. The number of aliphatic imine (C=N–C) groups is 1. The van der Waals surface area contributed by atoms with E-state index >= 15 is 0 Å². The predicted molar refractivity (Wildman–Crippen MR) is 218 cm³/mol. The van der Waals surface area contributed by atoms with Gasteiger partial charge in [0.1, 0.15) is 30.2 Å². The van der Waals surface area contributed by atoms with Gasteiger partial charge >= 0.3 is 0 Å². The van der Waals surface area contributed by atoms with Crippen molar-refractivity contribution in [2.45, 2.75) is 127 Å². The minimum absolute atomic E-state index is 0.104. The summed E-state index contributed by atoms with van der Waals surface area (Å²) in [5.41, 5.74) is 17.9. The van der Waals surface area contributed by atoms with E-state index in [-0.39, 0.29) is 48.8 Å². The fraction of sp³-hybridized carbons (Fsp3) is 0.625. The van der Waals surface area contributed by atoms with E-state index in [1.165, 1.54) is 11.8 Å². The monoisotopic (exact) mass is 795 g/mol. The van der Waals surface area contributed by atoms with Crippen LogP contribution < -0.4 is 38.5 Å². The third-order valence-electron chi connectivity index (χ3n) is 10.6. The first-order chi connectivity index (χ1) is 26.6. The SMILES string of the molecule is CC(C)(C)C(NC(=O)C(CCCN=C(N)N)NC(=O)C1CSCc2cccc(c2)C=CCCC(=O)N2CCCC2C(=O)NC(C2CCCCC2)C(=O)N1)C(N)=O. The standard InChI is InChI=1S/C40H61N9O6S/c1-40(2,3)33(34(41)51)48-35(52)28(17-10-20-44-39(42)43)45-36(53)29-24-56-23-26-14-9-13-25(22-26)12-7-8-19-31(50)49-21-11-18-30(49)37(54)47-32(38(55)46-29)27-15-5-4-6-16-27/h7,9,12-14,22,27-30,32-33H,4-6,8,10-11,15-21,23-24H2,1-3H3,(H2,41,51)(H,45,53)(H,46,55)(H,47,54)(H,48,52)(H4,42,43,44). The summed E-state index contributed by atoms with van der Waals surface area (Å²) in [5.74, 6) is -2.52. The van der Waals surface area contributed by atoms with Gasteiger partial charge in [-0.25, -0.2) is 0 Å². The van der Waals surface area contributed by atoms with Crippen molar-refractivity contribution in [3.8, 4) is 0 Å². The number of guanidine groups is 1. The highest BCUT2D eigenvalue weighted by Gasteiger charge is 2.39. The number of hydrogen-bond acceptors (Lipinski definition) is 8. The predicted octanol–water partition coefficient (Wildman–Crippen LogP) is 1.82. The number of fused-ring (bicyclic) bond motifs is 3. The third kappa shape index (κ3) is 13.3. The minimum Gasteiger partial charge on any atom is -0.370 e. The lowest BCUT2D eigenvalue weighted by molar-refractivity contribution is -0.140. The second kappa shape index (κ2) is 21.1. The van der Waals surface area contributed by atoms with Gasteiger partial charge in [-0.1, -0.05) is 76.5 Å². The van der Waals surface area contributed by atoms with Crippen molar-refractivity contribution < 1.29 is 28.8 Å². The number of allylic oxidation sites excluding steroid dienone is 1. The Bertz CT molecular complexity index is 1620. The van der Waals surface area contributed by atoms with Gasteiger partial charge in [0.25, 0.3) is 0 Å². The van der Waals surface area contributed by atoms with Crippen LogP contribution in [0, 0.1) is 11.3 Å². The highest BCUT2D eigenvalue weighted by atomic mass is 32.2. The van der Waals surface area contributed by atoms with Crippen LogP contribution in [0.4, 0.5) is 0 Å². The second-order valence-electron chi connectivity index (χ2n) is 16.1. The number of carbonyl (C=O) groups is 6. The molecule has 2 aliphatic heterocycles. The normalized spacial score (nSPS) is 22.9. The fourth-order valence-electron chi connectivity index (χ4n) is 7.55. The smallest absolute Gasteiger partial charge is 0.244 e. The molecule has 2 fully saturated rings. The topological polar surface area (TPSA) is 244 Å². The molecule has 2 heterocycles. The minimum atomic E-state index is -1.12. The summed E-state index contributed by atoms with van der Waals surface area (Å²) in [7, 11) is 0. The van der Waals surface area contributed by atoms with Crippen LogP contribution in [0.2, 0.25) is 0 Å². The van der Waals surface area contributed by atoms with Crippen LogP contribution >= 0.6 is 11.8 Å². The van der Waals surface area contributed by atoms with Crippen molar-refractivity contribution in [1.29, 1.82) is 0 Å². The fourth-order valence-corrected chi connectivity index (χ4v) is 8.55. The van der Waals surface area contributed by atoms with Gasteiger partial charge in [0.05, 0.1) is 0 Å². The van der Waals surface area contributed by atoms with E-state index in [0.29, 0.717) is 38.0 Å². The molecule has 1 aromatic carbocycles. The molecular formula is C40H61N9O6S. The zero-order valence-corrected chi connectivity index (χ0v) is 33.8. The maximum absolute atomic E-state index is 14.4. The van der Waals surface area contributed by atoms with E-state index in [2.05, 4.69) is 26.3 Å². The molecule has 15 nitrogen and oxygen atoms in total. The van der Waals surface area contributed by atoms with Gasteiger partial charge in [-0.3, -0.25) is 33.8 Å². The van der Waals surface area contributed by atoms with Crippen LogP contribution in [0.3, 0.4) is 0 Å². The molecule has 1 saturated heterocycles. The van der Waals surface area contributed by atoms with E-state index in [0.717, 1.165) is 43.2 Å². The molecule has 4 rings (SSSR count). The molecule has 3 aliphatic rings. The van der Waals surface area contributed by atoms with E-state index in [4.69, 9.17) is 17.2 Å². The number of thioether (sulfide) groups is 1. The van der Waals surface area contributed by atoms with Crippen molar-refractivity contribution in [2.75, 3.05) is 18.8 Å². The maximum Gasteiger partial charge on any atom is 0.244 e. The van der Waals surface area contributed by atoms with Gasteiger partial charge in [0, 0.05) is 31.0 Å². The molecule has 308 valence electrons. The van der Waals surface area contributed by atoms with Crippen LogP contribution in [0.1, 0.15) is 103 Å². The van der Waals surface area contributed by atoms with Crippen LogP contribution in [-0.2, 0) is 34.5 Å². The number of rotatable bonds is 10. The number of primary amides is 1. The highest BCUT2D eigenvalue weighted by Crippen LogP contribution is 2.28. The number of carbonyl (C=O) groups excluding carboxylic acids is 6. The van der Waals surface area contributed by atoms with Crippen molar-refractivity contribution in [2.24, 2.45) is 33.5 Å². The van der Waals surface area contributed by atoms with Gasteiger partial charge < -0.3 is 43.4 Å². The van der Waals surface area contributed by atoms with Gasteiger partial charge in [0.15, 0.2) is 5.96 Å². The van der Waals surface area contributed by atoms with E-state index in [1.807, 2.05) is 36.4 Å². The van der Waals surface area contributed by atoms with Crippen molar-refractivity contribution in [1.82, 2.24) is 26.2 Å². The Kier molecular flexibility index (Phi) is 16.6. The molecule has 1 aromatic rings. The van der Waals surface area contributed by atoms with Crippen molar-refractivity contribution in [3.63, 3.8) is 0 Å². The summed E-state index contributed by atoms with van der Waals surface area (Å²) in [6.45, 7) is 5.96. The number of nitrogens with two attached hydrogens (primary N) is 3. The first kappa shape index (κ1) is 44.1. The van der Waals surface area contributed by atoms with Gasteiger partial charge in [-0.2, -0.15) is 11.8 Å². The molecular weight excluding hydrogens is 735 g/mol. The van der Waals surface area contributed by atoms with E-state index in [9.17, 15) is 28.8 Å². The second-order valence-corrected chi connectivity index (χ2v) is 17.1. The Morgan fingerprint density at radius 2 is 1.73 bits per heavy atom. The van der Waals surface area contributed by atoms with Crippen LogP contribution in [0.5, 0.6) is 0 Å². The molecule has 1 saturated carbocycles. The quantitative estimate of drug-likeness (QED) is 0.104. The first-order valence-electron chi connectivity index (χ1n) is 19.8. The Morgan fingerprint density at radius 3 is 2.43 bits per heavy atom. The van der Waals surface area contributed by atoms with E-state index < -0.39 is 59.3 Å². The van der Waals surface area contributed by atoms with Gasteiger partial charge in [-0.05, 0) is 67.4 Å². The summed E-state index contributed by atoms with van der Waals surface area (Å²) in [4.78, 5) is 87.6. The molecule has 56 heavy (non-hydrogen) atoms. The lowest BCUT2D eigenvalue weighted by atomic mass is 9.83. The van der Waals surface area contributed by atoms with E-state index in [1.54, 1.807) is 25.7 Å². The molecule has 0 radical (unpaired) electrons. The third-order valence-corrected chi connectivity index (χ3v) is 11.7. The van der Waals surface area contributed by atoms with Crippen LogP contribution in [0.25, 0.3) is 6.08 Å². The first-order valence-corrected chi connectivity index (χ1v) is 21.0. The lowest BCUT2D eigenvalue weighted by Gasteiger charge is -2.33. The molecule has 16 heteroatoms. The Labute approximate surface area is 334 Å².